The lowest BCUT2D eigenvalue weighted by Gasteiger charge is -2.11. The molecule has 0 radical (unpaired) electrons. The highest BCUT2D eigenvalue weighted by Crippen LogP contribution is 2.29. The molecule has 6 nitrogen and oxygen atoms in total. The molecule has 0 aromatic heterocycles. The first kappa shape index (κ1) is 14.5. The fourth-order valence-corrected chi connectivity index (χ4v) is 1.84. The van der Waals surface area contributed by atoms with Crippen LogP contribution in [0.3, 0.4) is 0 Å². The predicted octanol–water partition coefficient (Wildman–Crippen LogP) is 2.99. The van der Waals surface area contributed by atoms with Crippen molar-refractivity contribution in [3.8, 4) is 11.5 Å². The molecule has 0 amide bonds. The zero-order chi connectivity index (χ0) is 15.2. The number of methoxy groups -OCH3 is 1. The van der Waals surface area contributed by atoms with Crippen LogP contribution in [0.1, 0.15) is 15.9 Å². The van der Waals surface area contributed by atoms with E-state index in [0.29, 0.717) is 28.9 Å². The summed E-state index contributed by atoms with van der Waals surface area (Å²) in [4.78, 5) is 21.2. The van der Waals surface area contributed by atoms with Crippen LogP contribution in [0.25, 0.3) is 0 Å². The van der Waals surface area contributed by atoms with Crippen molar-refractivity contribution in [2.75, 3.05) is 7.11 Å². The average molecular weight is 287 g/mol. The van der Waals surface area contributed by atoms with Gasteiger partial charge in [-0.3, -0.25) is 14.9 Å². The second-order valence-electron chi connectivity index (χ2n) is 4.20. The van der Waals surface area contributed by atoms with Gasteiger partial charge in [0.2, 0.25) is 0 Å². The molecule has 21 heavy (non-hydrogen) atoms. The summed E-state index contributed by atoms with van der Waals surface area (Å²) in [5, 5.41) is 10.9. The Labute approximate surface area is 121 Å². The number of carbonyl (C=O) groups is 1. The maximum atomic E-state index is 10.9. The molecule has 2 aromatic rings. The van der Waals surface area contributed by atoms with Crippen LogP contribution < -0.4 is 9.47 Å². The molecule has 0 atom stereocenters. The van der Waals surface area contributed by atoms with E-state index in [1.807, 2.05) is 0 Å². The van der Waals surface area contributed by atoms with Crippen LogP contribution in [0, 0.1) is 10.1 Å². The number of benzene rings is 2. The van der Waals surface area contributed by atoms with Gasteiger partial charge in [-0.25, -0.2) is 0 Å². The SMILES string of the molecule is COc1cc(C=O)ccc1OCc1ccccc1[N+](=O)[O-]. The molecule has 0 aliphatic carbocycles. The Balaban J connectivity index is 2.20. The fraction of sp³-hybridized carbons (Fsp3) is 0.133. The Morgan fingerprint density at radius 3 is 2.62 bits per heavy atom. The molecule has 0 saturated heterocycles. The van der Waals surface area contributed by atoms with Crippen molar-refractivity contribution in [2.24, 2.45) is 0 Å². The van der Waals surface area contributed by atoms with Crippen molar-refractivity contribution in [2.45, 2.75) is 6.61 Å². The predicted molar refractivity (Wildman–Crippen MR) is 75.8 cm³/mol. The van der Waals surface area contributed by atoms with Gasteiger partial charge in [-0.2, -0.15) is 0 Å². The topological polar surface area (TPSA) is 78.7 Å². The van der Waals surface area contributed by atoms with Crippen LogP contribution in [-0.2, 0) is 6.61 Å². The van der Waals surface area contributed by atoms with E-state index in [4.69, 9.17) is 9.47 Å². The normalized spacial score (nSPS) is 9.95. The molecule has 0 aliphatic heterocycles. The van der Waals surface area contributed by atoms with Gasteiger partial charge in [0.25, 0.3) is 5.69 Å². The van der Waals surface area contributed by atoms with Crippen molar-refractivity contribution in [3.63, 3.8) is 0 Å². The molecule has 0 heterocycles. The second kappa shape index (κ2) is 6.51. The third-order valence-electron chi connectivity index (χ3n) is 2.90. The fourth-order valence-electron chi connectivity index (χ4n) is 1.84. The van der Waals surface area contributed by atoms with E-state index < -0.39 is 4.92 Å². The Morgan fingerprint density at radius 2 is 1.95 bits per heavy atom. The number of nitro groups is 1. The minimum Gasteiger partial charge on any atom is -0.493 e. The highest BCUT2D eigenvalue weighted by Gasteiger charge is 2.14. The quantitative estimate of drug-likeness (QED) is 0.463. The van der Waals surface area contributed by atoms with Gasteiger partial charge in [-0.05, 0) is 24.3 Å². The number of para-hydroxylation sites is 1. The van der Waals surface area contributed by atoms with Crippen molar-refractivity contribution < 1.29 is 19.2 Å². The van der Waals surface area contributed by atoms with E-state index in [-0.39, 0.29) is 12.3 Å². The maximum absolute atomic E-state index is 10.9. The Morgan fingerprint density at radius 1 is 1.19 bits per heavy atom. The minimum absolute atomic E-state index is 0.000906. The molecule has 2 aromatic carbocycles. The molecule has 108 valence electrons. The van der Waals surface area contributed by atoms with Gasteiger partial charge in [-0.1, -0.05) is 12.1 Å². The van der Waals surface area contributed by atoms with Gasteiger partial charge in [0, 0.05) is 11.6 Å². The minimum atomic E-state index is -0.453. The van der Waals surface area contributed by atoms with Gasteiger partial charge < -0.3 is 9.47 Å². The van der Waals surface area contributed by atoms with Crippen LogP contribution in [0.4, 0.5) is 5.69 Å². The molecule has 6 heteroatoms. The number of hydrogen-bond acceptors (Lipinski definition) is 5. The second-order valence-corrected chi connectivity index (χ2v) is 4.20. The van der Waals surface area contributed by atoms with E-state index in [2.05, 4.69) is 0 Å². The van der Waals surface area contributed by atoms with Crippen LogP contribution in [0.2, 0.25) is 0 Å². The van der Waals surface area contributed by atoms with Gasteiger partial charge in [0.05, 0.1) is 17.6 Å². The first-order chi connectivity index (χ1) is 10.2. The smallest absolute Gasteiger partial charge is 0.276 e. The molecule has 0 saturated carbocycles. The zero-order valence-corrected chi connectivity index (χ0v) is 11.3. The van der Waals surface area contributed by atoms with E-state index in [1.54, 1.807) is 36.4 Å². The third kappa shape index (κ3) is 3.36. The highest BCUT2D eigenvalue weighted by atomic mass is 16.6. The lowest BCUT2D eigenvalue weighted by Crippen LogP contribution is -2.01. The van der Waals surface area contributed by atoms with E-state index in [0.717, 1.165) is 0 Å². The van der Waals surface area contributed by atoms with Gasteiger partial charge in [0.1, 0.15) is 12.9 Å². The number of nitro benzene ring substituents is 1. The van der Waals surface area contributed by atoms with E-state index in [1.165, 1.54) is 13.2 Å². The molecule has 0 fully saturated rings. The largest absolute Gasteiger partial charge is 0.493 e. The number of nitrogens with zero attached hydrogens (tertiary/aromatic N) is 1. The summed E-state index contributed by atoms with van der Waals surface area (Å²) >= 11 is 0. The van der Waals surface area contributed by atoms with E-state index in [9.17, 15) is 14.9 Å². The lowest BCUT2D eigenvalue weighted by molar-refractivity contribution is -0.385. The van der Waals surface area contributed by atoms with E-state index >= 15 is 0 Å². The Bertz CT molecular complexity index is 669. The number of hydrogen-bond donors (Lipinski definition) is 0. The lowest BCUT2D eigenvalue weighted by atomic mass is 10.2. The van der Waals surface area contributed by atoms with Crippen LogP contribution in [-0.4, -0.2) is 18.3 Å². The third-order valence-corrected chi connectivity index (χ3v) is 2.90. The number of ether oxygens (including phenoxy) is 2. The number of aldehydes is 1. The summed E-state index contributed by atoms with van der Waals surface area (Å²) in [5.74, 6) is 0.819. The molecular weight excluding hydrogens is 274 g/mol. The van der Waals surface area contributed by atoms with Gasteiger partial charge in [-0.15, -0.1) is 0 Å². The standard InChI is InChI=1S/C15H13NO5/c1-20-15-8-11(9-17)6-7-14(15)21-10-12-4-2-3-5-13(12)16(18)19/h2-9H,10H2,1H3. The summed E-state index contributed by atoms with van der Waals surface area (Å²) in [6, 6.07) is 11.1. The molecule has 0 N–H and O–H groups in total. The van der Waals surface area contributed by atoms with Crippen LogP contribution >= 0.6 is 0 Å². The first-order valence-electron chi connectivity index (χ1n) is 6.14. The molecule has 0 bridgehead atoms. The molecule has 0 unspecified atom stereocenters. The Hall–Kier alpha value is -2.89. The summed E-state index contributed by atoms with van der Waals surface area (Å²) in [6.07, 6.45) is 0.703. The van der Waals surface area contributed by atoms with Gasteiger partial charge in [0.15, 0.2) is 11.5 Å². The maximum Gasteiger partial charge on any atom is 0.276 e. The molecule has 0 aliphatic rings. The van der Waals surface area contributed by atoms with Crippen LogP contribution in [0.5, 0.6) is 11.5 Å². The highest BCUT2D eigenvalue weighted by molar-refractivity contribution is 5.76. The van der Waals surface area contributed by atoms with Crippen molar-refractivity contribution in [1.82, 2.24) is 0 Å². The number of rotatable bonds is 6. The Kier molecular flexibility index (Phi) is 4.50. The van der Waals surface area contributed by atoms with Crippen LogP contribution in [0.15, 0.2) is 42.5 Å². The van der Waals surface area contributed by atoms with Gasteiger partial charge >= 0.3 is 0 Å². The summed E-state index contributed by atoms with van der Waals surface area (Å²) < 4.78 is 10.7. The first-order valence-corrected chi connectivity index (χ1v) is 6.14. The average Bonchev–Trinajstić information content (AvgIpc) is 2.52. The van der Waals surface area contributed by atoms with Crippen molar-refractivity contribution >= 4 is 12.0 Å². The summed E-state index contributed by atoms with van der Waals surface area (Å²) in [5.41, 5.74) is 0.926. The molecule has 0 spiro atoms. The number of carbonyl (C=O) groups excluding carboxylic acids is 1. The van der Waals surface area contributed by atoms with Crippen molar-refractivity contribution in [1.29, 1.82) is 0 Å². The molecule has 2 rings (SSSR count). The molecular formula is C15H13NO5. The zero-order valence-electron chi connectivity index (χ0n) is 11.3. The summed E-state index contributed by atoms with van der Waals surface area (Å²) in [6.45, 7) is 0.0357. The summed E-state index contributed by atoms with van der Waals surface area (Å²) in [7, 11) is 1.46. The van der Waals surface area contributed by atoms with Crippen molar-refractivity contribution in [3.05, 3.63) is 63.7 Å². The monoisotopic (exact) mass is 287 g/mol.